The molecule has 0 saturated carbocycles. The number of fused-ring (bicyclic) bond motifs is 11. The molecule has 5 heteroatoms. The topological polar surface area (TPSA) is 34.0 Å². The number of benzene rings is 9. The van der Waals surface area contributed by atoms with Crippen LogP contribution in [0.4, 0.5) is 17.1 Å². The second-order valence-electron chi connectivity index (χ2n) is 17.4. The van der Waals surface area contributed by atoms with E-state index in [0.29, 0.717) is 5.95 Å². The smallest absolute Gasteiger partial charge is 0.235 e. The third-order valence-electron chi connectivity index (χ3n) is 13.4. The molecule has 12 aromatic rings. The monoisotopic (exact) mass is 836 g/mol. The molecule has 302 valence electrons. The molecule has 0 radical (unpaired) electrons. The van der Waals surface area contributed by atoms with Crippen LogP contribution in [0.15, 0.2) is 206 Å². The van der Waals surface area contributed by atoms with Crippen molar-refractivity contribution in [3.8, 4) is 39.6 Å². The fraction of sp³-hybridized carbons (Fsp3) is 0.0508. The van der Waals surface area contributed by atoms with Crippen molar-refractivity contribution in [2.75, 3.05) is 4.90 Å². The molecule has 4 nitrogen and oxygen atoms in total. The molecule has 0 spiro atoms. The van der Waals surface area contributed by atoms with E-state index in [0.717, 1.165) is 61.4 Å². The standard InChI is InChI=1S/C59H40N4S/c1-59(2)50-23-13-11-21-44(50)48-34-42(27-31-51(48)59)62(41-26-25-37-15-9-10-20-40(37)33-41)43-28-32-54-49(35-43)46-29-30-47-45-22-12-14-24-55(45)64-57(47)56(46)63(54)58-60-52(38-16-5-3-6-17-38)36-53(61-58)39-18-7-4-8-19-39/h3-36H,1-2H3. The molecule has 13 rings (SSSR count). The van der Waals surface area contributed by atoms with E-state index in [1.54, 1.807) is 0 Å². The third kappa shape index (κ3) is 5.61. The summed E-state index contributed by atoms with van der Waals surface area (Å²) in [5.74, 6) is 0.643. The third-order valence-corrected chi connectivity index (χ3v) is 14.6. The predicted molar refractivity (Wildman–Crippen MR) is 270 cm³/mol. The quantitative estimate of drug-likeness (QED) is 0.167. The molecule has 1 aliphatic carbocycles. The van der Waals surface area contributed by atoms with Crippen LogP contribution in [-0.2, 0) is 5.41 Å². The average Bonchev–Trinajstić information content (AvgIpc) is 3.97. The maximum Gasteiger partial charge on any atom is 0.235 e. The highest BCUT2D eigenvalue weighted by atomic mass is 32.1. The molecule has 0 fully saturated rings. The van der Waals surface area contributed by atoms with E-state index in [1.165, 1.54) is 53.2 Å². The lowest BCUT2D eigenvalue weighted by Crippen LogP contribution is -2.15. The number of rotatable bonds is 6. The van der Waals surface area contributed by atoms with E-state index in [9.17, 15) is 0 Å². The summed E-state index contributed by atoms with van der Waals surface area (Å²) in [4.78, 5) is 13.3. The lowest BCUT2D eigenvalue weighted by atomic mass is 9.82. The number of anilines is 3. The van der Waals surface area contributed by atoms with Crippen molar-refractivity contribution < 1.29 is 0 Å². The number of hydrogen-bond acceptors (Lipinski definition) is 4. The Kier molecular flexibility index (Phi) is 8.09. The zero-order valence-corrected chi connectivity index (χ0v) is 36.1. The van der Waals surface area contributed by atoms with E-state index in [2.05, 4.69) is 230 Å². The molecular weight excluding hydrogens is 797 g/mol. The molecule has 0 amide bonds. The lowest BCUT2D eigenvalue weighted by Gasteiger charge is -2.27. The van der Waals surface area contributed by atoms with Crippen molar-refractivity contribution in [2.24, 2.45) is 0 Å². The molecular formula is C59H40N4S. The Morgan fingerprint density at radius 1 is 0.453 bits per heavy atom. The first-order valence-electron chi connectivity index (χ1n) is 21.9. The first-order chi connectivity index (χ1) is 31.5. The van der Waals surface area contributed by atoms with E-state index in [4.69, 9.17) is 9.97 Å². The van der Waals surface area contributed by atoms with Crippen LogP contribution in [-0.4, -0.2) is 14.5 Å². The highest BCUT2D eigenvalue weighted by Crippen LogP contribution is 2.51. The highest BCUT2D eigenvalue weighted by Gasteiger charge is 2.35. The van der Waals surface area contributed by atoms with Gasteiger partial charge in [0.15, 0.2) is 0 Å². The van der Waals surface area contributed by atoms with Gasteiger partial charge in [0.1, 0.15) is 0 Å². The fourth-order valence-corrected chi connectivity index (χ4v) is 11.5. The van der Waals surface area contributed by atoms with E-state index < -0.39 is 0 Å². The van der Waals surface area contributed by atoms with Crippen molar-refractivity contribution in [2.45, 2.75) is 19.3 Å². The second-order valence-corrected chi connectivity index (χ2v) is 18.5. The molecule has 3 heterocycles. The normalized spacial score (nSPS) is 13.0. The van der Waals surface area contributed by atoms with Crippen molar-refractivity contribution >= 4 is 81.1 Å². The molecule has 0 saturated heterocycles. The first-order valence-corrected chi connectivity index (χ1v) is 22.7. The number of aromatic nitrogens is 3. The minimum absolute atomic E-state index is 0.0861. The Balaban J connectivity index is 1.10. The van der Waals surface area contributed by atoms with Crippen LogP contribution in [0.3, 0.4) is 0 Å². The van der Waals surface area contributed by atoms with E-state index in [-0.39, 0.29) is 5.41 Å². The summed E-state index contributed by atoms with van der Waals surface area (Å²) in [6, 6.07) is 74.7. The zero-order valence-electron chi connectivity index (χ0n) is 35.3. The molecule has 9 aromatic carbocycles. The molecule has 0 aliphatic heterocycles. The predicted octanol–water partition coefficient (Wildman–Crippen LogP) is 16.2. The Morgan fingerprint density at radius 2 is 1.06 bits per heavy atom. The van der Waals surface area contributed by atoms with Crippen LogP contribution in [0.25, 0.3) is 92.3 Å². The first kappa shape index (κ1) is 36.8. The maximum absolute atomic E-state index is 5.42. The van der Waals surface area contributed by atoms with E-state index >= 15 is 0 Å². The Labute approximate surface area is 375 Å². The summed E-state index contributed by atoms with van der Waals surface area (Å²) in [5, 5.41) is 7.21. The van der Waals surface area contributed by atoms with Crippen molar-refractivity contribution in [1.82, 2.24) is 14.5 Å². The molecule has 0 N–H and O–H groups in total. The van der Waals surface area contributed by atoms with Gasteiger partial charge < -0.3 is 4.90 Å². The Morgan fingerprint density at radius 3 is 1.86 bits per heavy atom. The summed E-state index contributed by atoms with van der Waals surface area (Å²) >= 11 is 1.84. The van der Waals surface area contributed by atoms with Gasteiger partial charge in [-0.3, -0.25) is 4.57 Å². The Bertz CT molecular complexity index is 3770. The number of nitrogens with zero attached hydrogens (tertiary/aromatic N) is 4. The van der Waals surface area contributed by atoms with Crippen molar-refractivity contribution in [3.05, 3.63) is 217 Å². The van der Waals surface area contributed by atoms with Gasteiger partial charge in [0.25, 0.3) is 0 Å². The number of thiophene rings is 1. The minimum atomic E-state index is -0.0861. The van der Waals surface area contributed by atoms with Crippen LogP contribution in [0.2, 0.25) is 0 Å². The van der Waals surface area contributed by atoms with Crippen molar-refractivity contribution in [3.63, 3.8) is 0 Å². The lowest BCUT2D eigenvalue weighted by molar-refractivity contribution is 0.660. The van der Waals surface area contributed by atoms with Crippen molar-refractivity contribution in [1.29, 1.82) is 0 Å². The molecule has 0 unspecified atom stereocenters. The van der Waals surface area contributed by atoms with Gasteiger partial charge in [-0.1, -0.05) is 166 Å². The van der Waals surface area contributed by atoms with E-state index in [1.807, 2.05) is 11.3 Å². The summed E-state index contributed by atoms with van der Waals surface area (Å²) in [5.41, 5.74) is 14.5. The summed E-state index contributed by atoms with van der Waals surface area (Å²) in [6.07, 6.45) is 0. The largest absolute Gasteiger partial charge is 0.310 e. The molecule has 0 atom stereocenters. The van der Waals surface area contributed by atoms with Gasteiger partial charge in [0, 0.05) is 59.8 Å². The van der Waals surface area contributed by atoms with Gasteiger partial charge >= 0.3 is 0 Å². The molecule has 3 aromatic heterocycles. The van der Waals surface area contributed by atoms with Crippen LogP contribution in [0, 0.1) is 0 Å². The summed E-state index contributed by atoms with van der Waals surface area (Å²) in [6.45, 7) is 4.69. The SMILES string of the molecule is CC1(C)c2ccccc2-c2cc(N(c3ccc4ccccc4c3)c3ccc4c(c3)c3ccc5c6ccccc6sc5c3n4-c3nc(-c4ccccc4)cc(-c4ccccc4)n3)ccc21. The highest BCUT2D eigenvalue weighted by molar-refractivity contribution is 7.26. The van der Waals surface area contributed by atoms with Crippen LogP contribution >= 0.6 is 11.3 Å². The number of hydrogen-bond donors (Lipinski definition) is 0. The zero-order chi connectivity index (χ0) is 42.5. The second kappa shape index (κ2) is 14.1. The minimum Gasteiger partial charge on any atom is -0.310 e. The van der Waals surface area contributed by atoms with Gasteiger partial charge in [0.2, 0.25) is 5.95 Å². The van der Waals surface area contributed by atoms with Gasteiger partial charge in [-0.05, 0) is 87.6 Å². The Hall–Kier alpha value is -7.86. The molecule has 0 bridgehead atoms. The average molecular weight is 837 g/mol. The van der Waals surface area contributed by atoms with Gasteiger partial charge in [-0.2, -0.15) is 0 Å². The maximum atomic E-state index is 5.42. The van der Waals surface area contributed by atoms with Crippen LogP contribution in [0.5, 0.6) is 0 Å². The summed E-state index contributed by atoms with van der Waals surface area (Å²) in [7, 11) is 0. The van der Waals surface area contributed by atoms with Crippen LogP contribution in [0.1, 0.15) is 25.0 Å². The van der Waals surface area contributed by atoms with Crippen LogP contribution < -0.4 is 4.90 Å². The fourth-order valence-electron chi connectivity index (χ4n) is 10.3. The summed E-state index contributed by atoms with van der Waals surface area (Å²) < 4.78 is 4.80. The van der Waals surface area contributed by atoms with Gasteiger partial charge in [0.05, 0.1) is 27.1 Å². The van der Waals surface area contributed by atoms with Gasteiger partial charge in [-0.25, -0.2) is 9.97 Å². The van der Waals surface area contributed by atoms with Gasteiger partial charge in [-0.15, -0.1) is 11.3 Å². The molecule has 64 heavy (non-hydrogen) atoms. The molecule has 1 aliphatic rings.